The molecular weight excluding hydrogens is 315 g/mol. The van der Waals surface area contributed by atoms with Crippen molar-refractivity contribution in [2.45, 2.75) is 0 Å². The number of rotatable bonds is 2. The van der Waals surface area contributed by atoms with E-state index < -0.39 is 17.7 Å². The molecule has 0 bridgehead atoms. The molecule has 1 aliphatic heterocycles. The van der Waals surface area contributed by atoms with Gasteiger partial charge in [-0.05, 0) is 18.2 Å². The Morgan fingerprint density at radius 1 is 1.10 bits per heavy atom. The van der Waals surface area contributed by atoms with Crippen molar-refractivity contribution in [1.82, 2.24) is 5.32 Å². The fourth-order valence-corrected chi connectivity index (χ4v) is 2.75. The minimum Gasteiger partial charge on any atom is -0.288 e. The number of imide groups is 1. The molecule has 1 N–H and O–H groups in total. The van der Waals surface area contributed by atoms with E-state index in [9.17, 15) is 14.4 Å². The largest absolute Gasteiger partial charge is 0.288 e. The van der Waals surface area contributed by atoms with Gasteiger partial charge in [-0.15, -0.1) is 11.6 Å². The maximum absolute atomic E-state index is 11.9. The van der Waals surface area contributed by atoms with Crippen LogP contribution in [0.25, 0.3) is 10.8 Å². The zero-order valence-electron chi connectivity index (χ0n) is 10.5. The molecular formula is C14H8Cl2N2O3. The molecule has 0 fully saturated rings. The Bertz CT molecular complexity index is 784. The van der Waals surface area contributed by atoms with Gasteiger partial charge in [-0.3, -0.25) is 19.7 Å². The number of amides is 3. The quantitative estimate of drug-likeness (QED) is 0.524. The number of alkyl halides is 1. The van der Waals surface area contributed by atoms with Crippen LogP contribution in [-0.2, 0) is 4.79 Å². The summed E-state index contributed by atoms with van der Waals surface area (Å²) in [6.45, 7) is 0. The van der Waals surface area contributed by atoms with Crippen LogP contribution in [0.3, 0.4) is 0 Å². The molecule has 0 aliphatic carbocycles. The molecule has 2 aromatic carbocycles. The van der Waals surface area contributed by atoms with Crippen molar-refractivity contribution < 1.29 is 14.4 Å². The van der Waals surface area contributed by atoms with Crippen LogP contribution in [0, 0.1) is 0 Å². The predicted molar refractivity (Wildman–Crippen MR) is 79.8 cm³/mol. The van der Waals surface area contributed by atoms with Crippen LogP contribution in [0.5, 0.6) is 0 Å². The monoisotopic (exact) mass is 322 g/mol. The smallest absolute Gasteiger partial charge is 0.258 e. The van der Waals surface area contributed by atoms with Gasteiger partial charge in [0.15, 0.2) is 0 Å². The second kappa shape index (κ2) is 5.02. The number of nitrogens with one attached hydrogen (secondary N) is 1. The average molecular weight is 323 g/mol. The number of hydrogen-bond acceptors (Lipinski definition) is 3. The van der Waals surface area contributed by atoms with Gasteiger partial charge >= 0.3 is 0 Å². The van der Waals surface area contributed by atoms with Gasteiger partial charge in [0.25, 0.3) is 17.7 Å². The maximum atomic E-state index is 11.9. The number of carbonyl (C=O) groups excluding carboxylic acids is 3. The lowest BCUT2D eigenvalue weighted by atomic mass is 9.94. The summed E-state index contributed by atoms with van der Waals surface area (Å²) in [4.78, 5) is 35.4. The first-order valence-electron chi connectivity index (χ1n) is 6.00. The zero-order chi connectivity index (χ0) is 15.1. The third-order valence-corrected chi connectivity index (χ3v) is 3.88. The highest BCUT2D eigenvalue weighted by Gasteiger charge is 2.27. The molecule has 7 heteroatoms. The third-order valence-electron chi connectivity index (χ3n) is 3.28. The minimum absolute atomic E-state index is 0.272. The SMILES string of the molecule is O=C1NC(=O)c2ccc(N(Cl)C(=O)CCl)c3cccc1c23. The Balaban J connectivity index is 2.33. The van der Waals surface area contributed by atoms with Gasteiger partial charge in [0, 0.05) is 33.7 Å². The molecule has 3 rings (SSSR count). The van der Waals surface area contributed by atoms with E-state index in [1.165, 1.54) is 6.07 Å². The number of halogens is 2. The molecule has 0 saturated carbocycles. The van der Waals surface area contributed by atoms with Gasteiger partial charge < -0.3 is 0 Å². The van der Waals surface area contributed by atoms with Gasteiger partial charge in [0.05, 0.1) is 5.69 Å². The lowest BCUT2D eigenvalue weighted by molar-refractivity contribution is -0.115. The third kappa shape index (κ3) is 2.05. The Hall–Kier alpha value is -2.11. The van der Waals surface area contributed by atoms with Crippen LogP contribution in [0.1, 0.15) is 20.7 Å². The number of hydrogen-bond donors (Lipinski definition) is 1. The first kappa shape index (κ1) is 13.9. The topological polar surface area (TPSA) is 66.5 Å². The summed E-state index contributed by atoms with van der Waals surface area (Å²) in [6.07, 6.45) is 0. The second-order valence-corrected chi connectivity index (χ2v) is 5.06. The molecule has 106 valence electrons. The molecule has 1 aliphatic rings. The standard InChI is InChI=1S/C14H8Cl2N2O3/c15-6-11(19)18(16)10-5-4-9-12-7(10)2-1-3-8(12)13(20)17-14(9)21/h1-5H,6H2,(H,17,20,21). The van der Waals surface area contributed by atoms with Crippen molar-refractivity contribution in [3.63, 3.8) is 0 Å². The van der Waals surface area contributed by atoms with Gasteiger partial charge in [0.2, 0.25) is 0 Å². The Morgan fingerprint density at radius 3 is 2.43 bits per heavy atom. The molecule has 0 saturated heterocycles. The molecule has 0 unspecified atom stereocenters. The fraction of sp³-hybridized carbons (Fsp3) is 0.0714. The molecule has 5 nitrogen and oxygen atoms in total. The van der Waals surface area contributed by atoms with E-state index in [0.29, 0.717) is 27.6 Å². The molecule has 2 aromatic rings. The van der Waals surface area contributed by atoms with Crippen LogP contribution in [0.15, 0.2) is 30.3 Å². The van der Waals surface area contributed by atoms with Crippen LogP contribution in [0.2, 0.25) is 0 Å². The van der Waals surface area contributed by atoms with Crippen molar-refractivity contribution in [3.8, 4) is 0 Å². The second-order valence-electron chi connectivity index (χ2n) is 4.45. The summed E-state index contributed by atoms with van der Waals surface area (Å²) < 4.78 is 0.896. The Morgan fingerprint density at radius 2 is 1.76 bits per heavy atom. The van der Waals surface area contributed by atoms with Crippen LogP contribution in [0.4, 0.5) is 5.69 Å². The summed E-state index contributed by atoms with van der Waals surface area (Å²) in [5.74, 6) is -1.71. The predicted octanol–water partition coefficient (Wildman–Crippen LogP) is 2.45. The van der Waals surface area contributed by atoms with Crippen molar-refractivity contribution in [1.29, 1.82) is 0 Å². The summed E-state index contributed by atoms with van der Waals surface area (Å²) in [5, 5.41) is 3.29. The van der Waals surface area contributed by atoms with Crippen LogP contribution in [-0.4, -0.2) is 23.6 Å². The summed E-state index contributed by atoms with van der Waals surface area (Å²) in [5.41, 5.74) is 1.12. The first-order chi connectivity index (χ1) is 10.0. The van der Waals surface area contributed by atoms with E-state index in [1.54, 1.807) is 24.3 Å². The molecule has 21 heavy (non-hydrogen) atoms. The molecule has 0 radical (unpaired) electrons. The number of anilines is 1. The minimum atomic E-state index is -0.495. The highest BCUT2D eigenvalue weighted by molar-refractivity contribution is 6.43. The Kier molecular flexibility index (Phi) is 3.31. The first-order valence-corrected chi connectivity index (χ1v) is 6.88. The molecule has 0 spiro atoms. The van der Waals surface area contributed by atoms with Crippen molar-refractivity contribution in [3.05, 3.63) is 41.5 Å². The van der Waals surface area contributed by atoms with Gasteiger partial charge in [-0.25, -0.2) is 4.42 Å². The van der Waals surface area contributed by atoms with E-state index in [2.05, 4.69) is 5.32 Å². The number of nitrogens with zero attached hydrogens (tertiary/aromatic N) is 1. The number of carbonyl (C=O) groups is 3. The van der Waals surface area contributed by atoms with Crippen molar-refractivity contribution >= 4 is 57.6 Å². The van der Waals surface area contributed by atoms with Crippen LogP contribution >= 0.6 is 23.4 Å². The Labute approximate surface area is 129 Å². The zero-order valence-corrected chi connectivity index (χ0v) is 12.0. The van der Waals surface area contributed by atoms with E-state index in [4.69, 9.17) is 23.4 Å². The van der Waals surface area contributed by atoms with Gasteiger partial charge in [-0.2, -0.15) is 0 Å². The summed E-state index contributed by atoms with van der Waals surface area (Å²) in [6, 6.07) is 8.05. The fourth-order valence-electron chi connectivity index (χ4n) is 2.37. The maximum Gasteiger partial charge on any atom is 0.258 e. The van der Waals surface area contributed by atoms with E-state index >= 15 is 0 Å². The molecule has 3 amide bonds. The lowest BCUT2D eigenvalue weighted by Gasteiger charge is -2.21. The van der Waals surface area contributed by atoms with E-state index in [-0.39, 0.29) is 5.88 Å². The summed E-state index contributed by atoms with van der Waals surface area (Å²) >= 11 is 11.5. The van der Waals surface area contributed by atoms with E-state index in [0.717, 1.165) is 4.42 Å². The van der Waals surface area contributed by atoms with Crippen molar-refractivity contribution in [2.24, 2.45) is 0 Å². The van der Waals surface area contributed by atoms with Gasteiger partial charge in [0.1, 0.15) is 5.88 Å². The van der Waals surface area contributed by atoms with E-state index in [1.807, 2.05) is 0 Å². The lowest BCUT2D eigenvalue weighted by Crippen LogP contribution is -2.34. The molecule has 1 heterocycles. The van der Waals surface area contributed by atoms with Crippen LogP contribution < -0.4 is 9.74 Å². The molecule has 0 atom stereocenters. The number of benzene rings is 2. The van der Waals surface area contributed by atoms with Gasteiger partial charge in [-0.1, -0.05) is 12.1 Å². The highest BCUT2D eigenvalue weighted by atomic mass is 35.5. The highest BCUT2D eigenvalue weighted by Crippen LogP contribution is 2.34. The summed E-state index contributed by atoms with van der Waals surface area (Å²) in [7, 11) is 0. The normalized spacial score (nSPS) is 13.2. The average Bonchev–Trinajstić information content (AvgIpc) is 2.50. The van der Waals surface area contributed by atoms with Crippen molar-refractivity contribution in [2.75, 3.05) is 10.3 Å². The molecule has 0 aromatic heterocycles.